The van der Waals surface area contributed by atoms with Crippen molar-refractivity contribution in [3.8, 4) is 0 Å². The first-order valence-electron chi connectivity index (χ1n) is 11.8. The van der Waals surface area contributed by atoms with Gasteiger partial charge in [-0.1, -0.05) is 29.8 Å². The molecule has 4 fully saturated rings. The minimum absolute atomic E-state index is 0.0274. The molecule has 1 amide bonds. The van der Waals surface area contributed by atoms with Gasteiger partial charge in [0.1, 0.15) is 6.61 Å². The van der Waals surface area contributed by atoms with Crippen LogP contribution in [0, 0.1) is 24.2 Å². The average Bonchev–Trinajstić information content (AvgIpc) is 3.20. The molecule has 6 heteroatoms. The summed E-state index contributed by atoms with van der Waals surface area (Å²) in [6.07, 6.45) is 6.50. The van der Waals surface area contributed by atoms with E-state index in [4.69, 9.17) is 4.74 Å². The number of hydrogen-bond donors (Lipinski definition) is 0. The van der Waals surface area contributed by atoms with E-state index >= 15 is 0 Å². The highest BCUT2D eigenvalue weighted by Crippen LogP contribution is 2.66. The summed E-state index contributed by atoms with van der Waals surface area (Å²) >= 11 is 1.42. The van der Waals surface area contributed by atoms with Crippen LogP contribution in [0.3, 0.4) is 0 Å². The van der Waals surface area contributed by atoms with Crippen LogP contribution in [0.2, 0.25) is 0 Å². The highest BCUT2D eigenvalue weighted by atomic mass is 32.1. The molecule has 32 heavy (non-hydrogen) atoms. The van der Waals surface area contributed by atoms with E-state index in [1.807, 2.05) is 12.3 Å². The standard InChI is InChI=1S/C26H32N2O3S/c1-4-28(18(3)29)24-27-22(15-32-24)14-31-23(30)26-12-19-9-20(13-26)11-25(10-19,16-26)21-7-5-17(2)6-8-21/h5-8,15,19-20H,4,9-14,16H2,1-3H3. The molecule has 1 heterocycles. The zero-order chi connectivity index (χ0) is 22.5. The maximum absolute atomic E-state index is 13.5. The summed E-state index contributed by atoms with van der Waals surface area (Å²) in [5, 5.41) is 2.56. The quantitative estimate of drug-likeness (QED) is 0.550. The van der Waals surface area contributed by atoms with Gasteiger partial charge in [0.05, 0.1) is 11.1 Å². The Hall–Kier alpha value is -2.21. The molecule has 170 valence electrons. The highest BCUT2D eigenvalue weighted by Gasteiger charge is 2.61. The third kappa shape index (κ3) is 3.66. The number of benzene rings is 1. The van der Waals surface area contributed by atoms with E-state index in [0.717, 1.165) is 25.0 Å². The fourth-order valence-electron chi connectivity index (χ4n) is 7.02. The second-order valence-electron chi connectivity index (χ2n) is 10.3. The molecule has 1 aromatic carbocycles. The molecular weight excluding hydrogens is 420 g/mol. The Bertz CT molecular complexity index is 1010. The van der Waals surface area contributed by atoms with Crippen molar-refractivity contribution in [1.29, 1.82) is 0 Å². The Morgan fingerprint density at radius 1 is 1.16 bits per heavy atom. The first kappa shape index (κ1) is 21.6. The van der Waals surface area contributed by atoms with Crippen LogP contribution >= 0.6 is 11.3 Å². The van der Waals surface area contributed by atoms with Crippen LogP contribution in [-0.2, 0) is 26.3 Å². The summed E-state index contributed by atoms with van der Waals surface area (Å²) < 4.78 is 5.90. The molecule has 2 atom stereocenters. The van der Waals surface area contributed by atoms with E-state index in [9.17, 15) is 9.59 Å². The zero-order valence-electron chi connectivity index (χ0n) is 19.2. The van der Waals surface area contributed by atoms with Gasteiger partial charge in [-0.05, 0) is 75.2 Å². The molecule has 6 rings (SSSR count). The first-order valence-corrected chi connectivity index (χ1v) is 12.7. The molecule has 2 aromatic rings. The number of aromatic nitrogens is 1. The predicted octanol–water partition coefficient (Wildman–Crippen LogP) is 5.41. The summed E-state index contributed by atoms with van der Waals surface area (Å²) in [5.41, 5.74) is 3.16. The zero-order valence-corrected chi connectivity index (χ0v) is 20.0. The molecule has 4 bridgehead atoms. The average molecular weight is 453 g/mol. The number of aryl methyl sites for hydroxylation is 1. The van der Waals surface area contributed by atoms with Crippen LogP contribution in [0.1, 0.15) is 69.2 Å². The minimum Gasteiger partial charge on any atom is -0.459 e. The van der Waals surface area contributed by atoms with Crippen LogP contribution in [-0.4, -0.2) is 23.4 Å². The molecule has 0 saturated heterocycles. The third-order valence-corrected chi connectivity index (χ3v) is 8.89. The van der Waals surface area contributed by atoms with Gasteiger partial charge in [0.15, 0.2) is 5.13 Å². The largest absolute Gasteiger partial charge is 0.459 e. The summed E-state index contributed by atoms with van der Waals surface area (Å²) in [7, 11) is 0. The van der Waals surface area contributed by atoms with Gasteiger partial charge in [0.2, 0.25) is 5.91 Å². The summed E-state index contributed by atoms with van der Waals surface area (Å²) in [6.45, 7) is 6.36. The van der Waals surface area contributed by atoms with Crippen molar-refractivity contribution in [1.82, 2.24) is 4.98 Å². The lowest BCUT2D eigenvalue weighted by Gasteiger charge is -2.61. The van der Waals surface area contributed by atoms with Crippen molar-refractivity contribution in [2.45, 2.75) is 71.3 Å². The Morgan fingerprint density at radius 2 is 1.84 bits per heavy atom. The van der Waals surface area contributed by atoms with Gasteiger partial charge in [0, 0.05) is 18.8 Å². The number of carbonyl (C=O) groups excluding carboxylic acids is 2. The monoisotopic (exact) mass is 452 g/mol. The second kappa shape index (κ2) is 7.98. The van der Waals surface area contributed by atoms with Gasteiger partial charge < -0.3 is 4.74 Å². The number of thiazole rings is 1. The van der Waals surface area contributed by atoms with Crippen LogP contribution in [0.5, 0.6) is 0 Å². The number of anilines is 1. The number of amides is 1. The van der Waals surface area contributed by atoms with Crippen LogP contribution in [0.25, 0.3) is 0 Å². The van der Waals surface area contributed by atoms with Crippen molar-refractivity contribution in [2.24, 2.45) is 17.3 Å². The molecular formula is C26H32N2O3S. The molecule has 2 unspecified atom stereocenters. The minimum atomic E-state index is -0.358. The fraction of sp³-hybridized carbons (Fsp3) is 0.577. The highest BCUT2D eigenvalue weighted by molar-refractivity contribution is 7.14. The SMILES string of the molecule is CCN(C(C)=O)c1nc(COC(=O)C23CC4CC(C2)CC(c2ccc(C)cc2)(C4)C3)cs1. The van der Waals surface area contributed by atoms with E-state index in [0.29, 0.717) is 23.5 Å². The summed E-state index contributed by atoms with van der Waals surface area (Å²) in [6, 6.07) is 8.98. The number of rotatable bonds is 6. The lowest BCUT2D eigenvalue weighted by Crippen LogP contribution is -2.57. The van der Waals surface area contributed by atoms with Crippen LogP contribution < -0.4 is 4.90 Å². The number of ether oxygens (including phenoxy) is 1. The van der Waals surface area contributed by atoms with Gasteiger partial charge in [0.25, 0.3) is 0 Å². The Morgan fingerprint density at radius 3 is 2.47 bits per heavy atom. The van der Waals surface area contributed by atoms with Crippen LogP contribution in [0.4, 0.5) is 5.13 Å². The van der Waals surface area contributed by atoms with Crippen LogP contribution in [0.15, 0.2) is 29.6 Å². The van der Waals surface area contributed by atoms with Crippen molar-refractivity contribution < 1.29 is 14.3 Å². The maximum atomic E-state index is 13.5. The van der Waals surface area contributed by atoms with Crippen molar-refractivity contribution >= 4 is 28.3 Å². The lowest BCUT2D eigenvalue weighted by molar-refractivity contribution is -0.175. The third-order valence-electron chi connectivity index (χ3n) is 7.98. The molecule has 4 aliphatic carbocycles. The van der Waals surface area contributed by atoms with Gasteiger partial charge in [-0.25, -0.2) is 4.98 Å². The van der Waals surface area contributed by atoms with E-state index in [1.54, 1.807) is 11.8 Å². The first-order chi connectivity index (χ1) is 15.3. The Labute approximate surface area is 194 Å². The number of esters is 1. The molecule has 0 radical (unpaired) electrons. The Balaban J connectivity index is 1.32. The van der Waals surface area contributed by atoms with Gasteiger partial charge in [-0.15, -0.1) is 11.3 Å². The smallest absolute Gasteiger partial charge is 0.312 e. The van der Waals surface area contributed by atoms with Gasteiger partial charge >= 0.3 is 5.97 Å². The number of carbonyl (C=O) groups is 2. The molecule has 4 aliphatic rings. The van der Waals surface area contributed by atoms with Gasteiger partial charge in [-0.3, -0.25) is 14.5 Å². The Kier molecular flexibility index (Phi) is 5.39. The number of nitrogens with zero attached hydrogens (tertiary/aromatic N) is 2. The second-order valence-corrected chi connectivity index (χ2v) is 11.2. The van der Waals surface area contributed by atoms with E-state index in [-0.39, 0.29) is 29.3 Å². The lowest BCUT2D eigenvalue weighted by atomic mass is 9.43. The topological polar surface area (TPSA) is 59.5 Å². The molecule has 1 aromatic heterocycles. The van der Waals surface area contributed by atoms with E-state index < -0.39 is 0 Å². The molecule has 5 nitrogen and oxygen atoms in total. The van der Waals surface area contributed by atoms with Crippen molar-refractivity contribution in [3.05, 3.63) is 46.5 Å². The number of hydrogen-bond acceptors (Lipinski definition) is 5. The van der Waals surface area contributed by atoms with E-state index in [1.165, 1.54) is 41.7 Å². The maximum Gasteiger partial charge on any atom is 0.312 e. The summed E-state index contributed by atoms with van der Waals surface area (Å²) in [5.74, 6) is 1.16. The van der Waals surface area contributed by atoms with Gasteiger partial charge in [-0.2, -0.15) is 0 Å². The van der Waals surface area contributed by atoms with Crippen molar-refractivity contribution in [3.63, 3.8) is 0 Å². The normalized spacial score (nSPS) is 30.3. The summed E-state index contributed by atoms with van der Waals surface area (Å²) in [4.78, 5) is 31.5. The van der Waals surface area contributed by atoms with Crippen molar-refractivity contribution in [2.75, 3.05) is 11.4 Å². The molecule has 0 aliphatic heterocycles. The molecule has 4 saturated carbocycles. The fourth-order valence-corrected chi connectivity index (χ4v) is 7.94. The predicted molar refractivity (Wildman–Crippen MR) is 126 cm³/mol. The van der Waals surface area contributed by atoms with E-state index in [2.05, 4.69) is 36.2 Å². The molecule has 0 spiro atoms. The molecule has 0 N–H and O–H groups in total.